The van der Waals surface area contributed by atoms with Crippen molar-refractivity contribution < 1.29 is 4.79 Å². The lowest BCUT2D eigenvalue weighted by atomic mass is 9.78. The van der Waals surface area contributed by atoms with Crippen molar-refractivity contribution in [2.24, 2.45) is 5.92 Å². The first-order chi connectivity index (χ1) is 13.1. The summed E-state index contributed by atoms with van der Waals surface area (Å²) in [5.41, 5.74) is 2.22. The molecule has 1 aromatic heterocycles. The molecule has 2 aromatic rings. The Morgan fingerprint density at radius 1 is 1.11 bits per heavy atom. The Hall–Kier alpha value is -2.24. The molecule has 2 aliphatic rings. The summed E-state index contributed by atoms with van der Waals surface area (Å²) in [5, 5.41) is 12.7. The fourth-order valence-electron chi connectivity index (χ4n) is 4.59. The predicted molar refractivity (Wildman–Crippen MR) is 104 cm³/mol. The average molecular weight is 367 g/mol. The highest BCUT2D eigenvalue weighted by molar-refractivity contribution is 5.76. The molecular weight excluding hydrogens is 338 g/mol. The van der Waals surface area contributed by atoms with E-state index in [2.05, 4.69) is 46.3 Å². The highest BCUT2D eigenvalue weighted by atomic mass is 16.2. The van der Waals surface area contributed by atoms with Crippen LogP contribution in [0.5, 0.6) is 0 Å². The summed E-state index contributed by atoms with van der Waals surface area (Å²) < 4.78 is 0. The van der Waals surface area contributed by atoms with E-state index in [-0.39, 0.29) is 12.5 Å². The van der Waals surface area contributed by atoms with Crippen LogP contribution < -0.4 is 0 Å². The summed E-state index contributed by atoms with van der Waals surface area (Å²) in [5.74, 6) is 1.89. The summed E-state index contributed by atoms with van der Waals surface area (Å²) in [6, 6.07) is 8.67. The lowest BCUT2D eigenvalue weighted by molar-refractivity contribution is -0.138. The maximum absolute atomic E-state index is 12.9. The van der Waals surface area contributed by atoms with Gasteiger partial charge in [-0.2, -0.15) is 4.80 Å². The minimum atomic E-state index is 0.130. The monoisotopic (exact) mass is 367 g/mol. The van der Waals surface area contributed by atoms with Crippen LogP contribution in [0.1, 0.15) is 63.9 Å². The normalized spacial score (nSPS) is 22.7. The smallest absolute Gasteiger partial charge is 0.246 e. The number of rotatable bonds is 4. The van der Waals surface area contributed by atoms with Gasteiger partial charge in [-0.1, -0.05) is 51.0 Å². The van der Waals surface area contributed by atoms with Crippen LogP contribution in [0.25, 0.3) is 11.4 Å². The standard InChI is InChI=1S/C21H29N5O/c1-15(2)16-9-11-18(12-10-16)21-22-24-26(23-21)14-20(27)25-13-5-7-17-6-3-4-8-19(17)25/h9-12,15,17,19H,3-8,13-14H2,1-2H3/t17-,19-/m0/s1. The van der Waals surface area contributed by atoms with Gasteiger partial charge in [0.15, 0.2) is 0 Å². The average Bonchev–Trinajstić information content (AvgIpc) is 3.16. The van der Waals surface area contributed by atoms with E-state index >= 15 is 0 Å². The molecule has 0 bridgehead atoms. The van der Waals surface area contributed by atoms with Gasteiger partial charge in [-0.3, -0.25) is 4.79 Å². The van der Waals surface area contributed by atoms with Gasteiger partial charge in [0.05, 0.1) is 0 Å². The van der Waals surface area contributed by atoms with E-state index in [1.165, 1.54) is 36.0 Å². The zero-order chi connectivity index (χ0) is 18.8. The van der Waals surface area contributed by atoms with Crippen molar-refractivity contribution in [3.05, 3.63) is 29.8 Å². The van der Waals surface area contributed by atoms with Gasteiger partial charge in [0.2, 0.25) is 11.7 Å². The van der Waals surface area contributed by atoms with Gasteiger partial charge in [0, 0.05) is 18.2 Å². The minimum absolute atomic E-state index is 0.130. The number of carbonyl (C=O) groups is 1. The molecule has 1 aromatic carbocycles. The molecule has 4 rings (SSSR count). The number of fused-ring (bicyclic) bond motifs is 1. The van der Waals surface area contributed by atoms with Gasteiger partial charge >= 0.3 is 0 Å². The zero-order valence-electron chi connectivity index (χ0n) is 16.3. The van der Waals surface area contributed by atoms with E-state index in [1.807, 2.05) is 12.1 Å². The predicted octanol–water partition coefficient (Wildman–Crippen LogP) is 3.64. The van der Waals surface area contributed by atoms with E-state index < -0.39 is 0 Å². The van der Waals surface area contributed by atoms with Crippen LogP contribution in [0.3, 0.4) is 0 Å². The fraction of sp³-hybridized carbons (Fsp3) is 0.619. The number of likely N-dealkylation sites (tertiary alicyclic amines) is 1. The first-order valence-corrected chi connectivity index (χ1v) is 10.3. The van der Waals surface area contributed by atoms with Crippen molar-refractivity contribution in [3.8, 4) is 11.4 Å². The number of tetrazole rings is 1. The van der Waals surface area contributed by atoms with Crippen LogP contribution in [0.4, 0.5) is 0 Å². The quantitative estimate of drug-likeness (QED) is 0.827. The van der Waals surface area contributed by atoms with Crippen molar-refractivity contribution in [2.45, 2.75) is 70.9 Å². The maximum atomic E-state index is 12.9. The summed E-state index contributed by atoms with van der Waals surface area (Å²) in [4.78, 5) is 16.4. The summed E-state index contributed by atoms with van der Waals surface area (Å²) >= 11 is 0. The van der Waals surface area contributed by atoms with Crippen LogP contribution in [0, 0.1) is 5.92 Å². The lowest BCUT2D eigenvalue weighted by Crippen LogP contribution is -2.50. The van der Waals surface area contributed by atoms with Crippen LogP contribution in [-0.2, 0) is 11.3 Å². The molecule has 6 nitrogen and oxygen atoms in total. The van der Waals surface area contributed by atoms with Crippen LogP contribution in [-0.4, -0.2) is 43.6 Å². The van der Waals surface area contributed by atoms with E-state index in [9.17, 15) is 4.79 Å². The maximum Gasteiger partial charge on any atom is 0.246 e. The number of piperidine rings is 1. The molecule has 0 spiro atoms. The minimum Gasteiger partial charge on any atom is -0.338 e. The Morgan fingerprint density at radius 3 is 2.63 bits per heavy atom. The summed E-state index contributed by atoms with van der Waals surface area (Å²) in [6.45, 7) is 5.40. The number of hydrogen-bond donors (Lipinski definition) is 0. The third-order valence-corrected chi connectivity index (χ3v) is 6.13. The molecule has 2 atom stereocenters. The molecule has 1 saturated heterocycles. The number of amides is 1. The van der Waals surface area contributed by atoms with Crippen LogP contribution in [0.15, 0.2) is 24.3 Å². The first kappa shape index (κ1) is 18.1. The van der Waals surface area contributed by atoms with Crippen molar-refractivity contribution >= 4 is 5.91 Å². The van der Waals surface area contributed by atoms with E-state index in [1.54, 1.807) is 0 Å². The second-order valence-corrected chi connectivity index (χ2v) is 8.26. The third-order valence-electron chi connectivity index (χ3n) is 6.13. The molecule has 0 unspecified atom stereocenters. The van der Waals surface area contributed by atoms with Gasteiger partial charge in [-0.05, 0) is 48.3 Å². The highest BCUT2D eigenvalue weighted by Gasteiger charge is 2.35. The Balaban J connectivity index is 1.43. The topological polar surface area (TPSA) is 63.9 Å². The Bertz CT molecular complexity index is 780. The highest BCUT2D eigenvalue weighted by Crippen LogP contribution is 2.35. The molecule has 1 aliphatic carbocycles. The second kappa shape index (κ2) is 7.79. The number of hydrogen-bond acceptors (Lipinski definition) is 4. The van der Waals surface area contributed by atoms with Crippen molar-refractivity contribution in [1.82, 2.24) is 25.1 Å². The first-order valence-electron chi connectivity index (χ1n) is 10.3. The summed E-state index contributed by atoms with van der Waals surface area (Å²) in [7, 11) is 0. The second-order valence-electron chi connectivity index (χ2n) is 8.26. The molecule has 2 heterocycles. The van der Waals surface area contributed by atoms with Crippen molar-refractivity contribution in [1.29, 1.82) is 0 Å². The molecule has 1 aliphatic heterocycles. The van der Waals surface area contributed by atoms with Gasteiger partial charge in [0.25, 0.3) is 0 Å². The molecule has 0 radical (unpaired) electrons. The van der Waals surface area contributed by atoms with Crippen LogP contribution in [0.2, 0.25) is 0 Å². The number of benzene rings is 1. The molecule has 1 amide bonds. The molecule has 0 N–H and O–H groups in total. The number of carbonyl (C=O) groups excluding carboxylic acids is 1. The molecule has 6 heteroatoms. The Morgan fingerprint density at radius 2 is 1.85 bits per heavy atom. The number of aromatic nitrogens is 4. The molecule has 1 saturated carbocycles. The third kappa shape index (κ3) is 3.89. The largest absolute Gasteiger partial charge is 0.338 e. The fourth-order valence-corrected chi connectivity index (χ4v) is 4.59. The van der Waals surface area contributed by atoms with Crippen molar-refractivity contribution in [3.63, 3.8) is 0 Å². The van der Waals surface area contributed by atoms with E-state index in [4.69, 9.17) is 0 Å². The Labute approximate surface area is 160 Å². The summed E-state index contributed by atoms with van der Waals surface area (Å²) in [6.07, 6.45) is 7.36. The van der Waals surface area contributed by atoms with Crippen molar-refractivity contribution in [2.75, 3.05) is 6.54 Å². The molecular formula is C21H29N5O. The number of nitrogens with zero attached hydrogens (tertiary/aromatic N) is 5. The van der Waals surface area contributed by atoms with Crippen LogP contribution >= 0.6 is 0 Å². The lowest BCUT2D eigenvalue weighted by Gasteiger charge is -2.44. The van der Waals surface area contributed by atoms with Gasteiger partial charge in [-0.15, -0.1) is 10.2 Å². The van der Waals surface area contributed by atoms with E-state index in [0.717, 1.165) is 24.9 Å². The van der Waals surface area contributed by atoms with Gasteiger partial charge in [0.1, 0.15) is 6.54 Å². The van der Waals surface area contributed by atoms with E-state index in [0.29, 0.717) is 23.7 Å². The SMILES string of the molecule is CC(C)c1ccc(-c2nnn(CC(=O)N3CCC[C@@H]4CCCC[C@@H]43)n2)cc1. The Kier molecular flexibility index (Phi) is 5.23. The molecule has 27 heavy (non-hydrogen) atoms. The van der Waals surface area contributed by atoms with Gasteiger partial charge < -0.3 is 4.90 Å². The molecule has 2 fully saturated rings. The molecule has 144 valence electrons. The van der Waals surface area contributed by atoms with Gasteiger partial charge in [-0.25, -0.2) is 0 Å². The zero-order valence-corrected chi connectivity index (χ0v) is 16.3.